The fraction of sp³-hybridized carbons (Fsp3) is 0.333. The summed E-state index contributed by atoms with van der Waals surface area (Å²) in [5, 5.41) is 6.14. The number of nitrogens with two attached hydrogens (primary N) is 1. The molecule has 2 aromatic rings. The quantitative estimate of drug-likeness (QED) is 0.668. The lowest BCUT2D eigenvalue weighted by Gasteiger charge is -2.05. The number of aliphatic imine (C=N–C) groups is 1. The molecule has 0 atom stereocenters. The normalized spacial score (nSPS) is 11.9. The second-order valence-electron chi connectivity index (χ2n) is 5.01. The van der Waals surface area contributed by atoms with Crippen LogP contribution in [0.15, 0.2) is 34.6 Å². The van der Waals surface area contributed by atoms with E-state index in [0.29, 0.717) is 18.4 Å². The number of benzene rings is 1. The first-order valence-corrected chi connectivity index (χ1v) is 7.50. The summed E-state index contributed by atoms with van der Waals surface area (Å²) in [5.41, 5.74) is 9.15. The molecule has 4 nitrogen and oxygen atoms in total. The Morgan fingerprint density at radius 2 is 2.05 bits per heavy atom. The second-order valence-corrected chi connectivity index (χ2v) is 5.96. The van der Waals surface area contributed by atoms with Crippen LogP contribution in [0.3, 0.4) is 0 Å². The van der Waals surface area contributed by atoms with Gasteiger partial charge in [-0.15, -0.1) is 11.3 Å². The maximum absolute atomic E-state index is 5.87. The van der Waals surface area contributed by atoms with Gasteiger partial charge in [-0.3, -0.25) is 0 Å². The van der Waals surface area contributed by atoms with Crippen LogP contribution in [0.4, 0.5) is 5.69 Å². The summed E-state index contributed by atoms with van der Waals surface area (Å²) < 4.78 is 0. The van der Waals surface area contributed by atoms with Crippen molar-refractivity contribution in [3.63, 3.8) is 0 Å². The van der Waals surface area contributed by atoms with Crippen molar-refractivity contribution in [3.05, 3.63) is 45.9 Å². The number of anilines is 1. The number of guanidine groups is 1. The van der Waals surface area contributed by atoms with Crippen LogP contribution < -0.4 is 11.1 Å². The molecule has 1 heterocycles. The summed E-state index contributed by atoms with van der Waals surface area (Å²) in [4.78, 5) is 8.84. The smallest absolute Gasteiger partial charge is 0.193 e. The van der Waals surface area contributed by atoms with Crippen LogP contribution in [0.2, 0.25) is 0 Å². The molecule has 0 radical (unpaired) electrons. The molecule has 1 aromatic carbocycles. The summed E-state index contributed by atoms with van der Waals surface area (Å²) in [6.45, 7) is 6.84. The Morgan fingerprint density at radius 3 is 2.65 bits per heavy atom. The predicted molar refractivity (Wildman–Crippen MR) is 86.3 cm³/mol. The minimum atomic E-state index is 0.412. The number of hydrogen-bond donors (Lipinski definition) is 2. The van der Waals surface area contributed by atoms with E-state index in [2.05, 4.69) is 41.4 Å². The SMILES string of the molecule is Cc1ccc(NC(N)=NCc2nc(C(C)C)cs2)cc1. The summed E-state index contributed by atoms with van der Waals surface area (Å²) in [6, 6.07) is 8.03. The fourth-order valence-corrected chi connectivity index (χ4v) is 2.52. The first-order chi connectivity index (χ1) is 9.54. The maximum Gasteiger partial charge on any atom is 0.193 e. The molecule has 1 aromatic heterocycles. The lowest BCUT2D eigenvalue weighted by molar-refractivity contribution is 0.821. The van der Waals surface area contributed by atoms with Gasteiger partial charge in [-0.25, -0.2) is 9.98 Å². The standard InChI is InChI=1S/C15H20N4S/c1-10(2)13-9-20-14(19-13)8-17-15(16)18-12-6-4-11(3)5-7-12/h4-7,9-10H,8H2,1-3H3,(H3,16,17,18). The highest BCUT2D eigenvalue weighted by Gasteiger charge is 2.05. The van der Waals surface area contributed by atoms with Crippen LogP contribution >= 0.6 is 11.3 Å². The highest BCUT2D eigenvalue weighted by atomic mass is 32.1. The first-order valence-electron chi connectivity index (χ1n) is 6.62. The van der Waals surface area contributed by atoms with Gasteiger partial charge in [0.25, 0.3) is 0 Å². The van der Waals surface area contributed by atoms with Gasteiger partial charge in [0.1, 0.15) is 5.01 Å². The van der Waals surface area contributed by atoms with Crippen LogP contribution in [0.1, 0.15) is 36.0 Å². The van der Waals surface area contributed by atoms with Crippen molar-refractivity contribution in [1.82, 2.24) is 4.98 Å². The van der Waals surface area contributed by atoms with Crippen molar-refractivity contribution < 1.29 is 0 Å². The average molecular weight is 288 g/mol. The molecule has 0 aliphatic rings. The molecule has 2 rings (SSSR count). The van der Waals surface area contributed by atoms with Crippen molar-refractivity contribution in [2.75, 3.05) is 5.32 Å². The van der Waals surface area contributed by atoms with Crippen LogP contribution in [0.25, 0.3) is 0 Å². The predicted octanol–water partition coefficient (Wildman–Crippen LogP) is 3.50. The lowest BCUT2D eigenvalue weighted by atomic mass is 10.2. The van der Waals surface area contributed by atoms with Crippen molar-refractivity contribution in [3.8, 4) is 0 Å². The number of aryl methyl sites for hydroxylation is 1. The average Bonchev–Trinajstić information content (AvgIpc) is 2.88. The number of thiazole rings is 1. The largest absolute Gasteiger partial charge is 0.370 e. The van der Waals surface area contributed by atoms with Crippen LogP contribution in [0, 0.1) is 6.92 Å². The topological polar surface area (TPSA) is 63.3 Å². The van der Waals surface area contributed by atoms with E-state index in [0.717, 1.165) is 16.4 Å². The second kappa shape index (κ2) is 6.52. The molecule has 5 heteroatoms. The van der Waals surface area contributed by atoms with Gasteiger partial charge in [-0.05, 0) is 25.0 Å². The van der Waals surface area contributed by atoms with Gasteiger partial charge in [0.15, 0.2) is 5.96 Å². The molecule has 0 unspecified atom stereocenters. The zero-order valence-electron chi connectivity index (χ0n) is 12.1. The number of aromatic nitrogens is 1. The summed E-state index contributed by atoms with van der Waals surface area (Å²) >= 11 is 1.63. The molecule has 0 fully saturated rings. The van der Waals surface area contributed by atoms with Crippen molar-refractivity contribution in [2.24, 2.45) is 10.7 Å². The van der Waals surface area contributed by atoms with Gasteiger partial charge in [-0.1, -0.05) is 31.5 Å². The number of hydrogen-bond acceptors (Lipinski definition) is 3. The summed E-state index contributed by atoms with van der Waals surface area (Å²) in [7, 11) is 0. The van der Waals surface area contributed by atoms with E-state index >= 15 is 0 Å². The molecule has 0 saturated heterocycles. The Labute approximate surface area is 123 Å². The van der Waals surface area contributed by atoms with E-state index in [4.69, 9.17) is 5.73 Å². The van der Waals surface area contributed by atoms with Gasteiger partial charge in [0.05, 0.1) is 12.2 Å². The van der Waals surface area contributed by atoms with E-state index in [9.17, 15) is 0 Å². The number of nitrogens with one attached hydrogen (secondary N) is 1. The first kappa shape index (κ1) is 14.5. The molecule has 0 spiro atoms. The van der Waals surface area contributed by atoms with Crippen LogP contribution in [-0.2, 0) is 6.54 Å². The van der Waals surface area contributed by atoms with Crippen LogP contribution in [-0.4, -0.2) is 10.9 Å². The zero-order chi connectivity index (χ0) is 14.5. The van der Waals surface area contributed by atoms with Crippen molar-refractivity contribution in [2.45, 2.75) is 33.2 Å². The zero-order valence-corrected chi connectivity index (χ0v) is 12.9. The molecule has 0 amide bonds. The van der Waals surface area contributed by atoms with E-state index < -0.39 is 0 Å². The third-order valence-electron chi connectivity index (χ3n) is 2.87. The molecule has 20 heavy (non-hydrogen) atoms. The van der Waals surface area contributed by atoms with Gasteiger partial charge < -0.3 is 11.1 Å². The molecule has 0 bridgehead atoms. The lowest BCUT2D eigenvalue weighted by Crippen LogP contribution is -2.22. The van der Waals surface area contributed by atoms with Gasteiger partial charge in [-0.2, -0.15) is 0 Å². The number of rotatable bonds is 4. The van der Waals surface area contributed by atoms with Gasteiger partial charge >= 0.3 is 0 Å². The summed E-state index contributed by atoms with van der Waals surface area (Å²) in [5.74, 6) is 0.863. The van der Waals surface area contributed by atoms with Crippen molar-refractivity contribution in [1.29, 1.82) is 0 Å². The van der Waals surface area contributed by atoms with E-state index in [1.54, 1.807) is 11.3 Å². The third kappa shape index (κ3) is 4.06. The molecule has 106 valence electrons. The van der Waals surface area contributed by atoms with Gasteiger partial charge in [0, 0.05) is 11.1 Å². The molecule has 0 aliphatic heterocycles. The Kier molecular flexibility index (Phi) is 4.74. The molecule has 0 aliphatic carbocycles. The highest BCUT2D eigenvalue weighted by molar-refractivity contribution is 7.09. The monoisotopic (exact) mass is 288 g/mol. The van der Waals surface area contributed by atoms with E-state index in [1.165, 1.54) is 5.56 Å². The summed E-state index contributed by atoms with van der Waals surface area (Å²) in [6.07, 6.45) is 0. The minimum Gasteiger partial charge on any atom is -0.370 e. The molecular formula is C15H20N4S. The Hall–Kier alpha value is -1.88. The van der Waals surface area contributed by atoms with Crippen LogP contribution in [0.5, 0.6) is 0 Å². The van der Waals surface area contributed by atoms with E-state index in [1.807, 2.05) is 24.3 Å². The Morgan fingerprint density at radius 1 is 1.35 bits per heavy atom. The molecular weight excluding hydrogens is 268 g/mol. The molecule has 3 N–H and O–H groups in total. The van der Waals surface area contributed by atoms with Gasteiger partial charge in [0.2, 0.25) is 0 Å². The maximum atomic E-state index is 5.87. The molecule has 0 saturated carbocycles. The number of nitrogens with zero attached hydrogens (tertiary/aromatic N) is 2. The fourth-order valence-electron chi connectivity index (χ4n) is 1.64. The van der Waals surface area contributed by atoms with E-state index in [-0.39, 0.29) is 0 Å². The minimum absolute atomic E-state index is 0.412. The Balaban J connectivity index is 1.94. The van der Waals surface area contributed by atoms with Crippen molar-refractivity contribution >= 4 is 23.0 Å². The highest BCUT2D eigenvalue weighted by Crippen LogP contribution is 2.18. The Bertz CT molecular complexity index is 584. The third-order valence-corrected chi connectivity index (χ3v) is 3.72.